The van der Waals surface area contributed by atoms with Crippen LogP contribution in [0, 0.1) is 0 Å². The third-order valence-corrected chi connectivity index (χ3v) is 4.62. The molecule has 0 aromatic carbocycles. The van der Waals surface area contributed by atoms with Crippen LogP contribution in [0.2, 0.25) is 0 Å². The van der Waals surface area contributed by atoms with Gasteiger partial charge in [0.25, 0.3) is 0 Å². The van der Waals surface area contributed by atoms with Gasteiger partial charge in [-0.2, -0.15) is 0 Å². The number of aromatic nitrogens is 1. The van der Waals surface area contributed by atoms with Gasteiger partial charge in [-0.05, 0) is 37.0 Å². The van der Waals surface area contributed by atoms with E-state index in [2.05, 4.69) is 17.2 Å². The quantitative estimate of drug-likeness (QED) is 0.642. The van der Waals surface area contributed by atoms with Crippen molar-refractivity contribution in [3.05, 3.63) is 30.1 Å². The summed E-state index contributed by atoms with van der Waals surface area (Å²) in [5.41, 5.74) is 0.582. The molecule has 7 heteroatoms. The van der Waals surface area contributed by atoms with Crippen LogP contribution in [0.3, 0.4) is 0 Å². The maximum atomic E-state index is 12.8. The first-order chi connectivity index (χ1) is 12.1. The molecule has 0 bridgehead atoms. The molecule has 146 valence electrons. The van der Waals surface area contributed by atoms with Crippen LogP contribution in [-0.2, 0) is 9.59 Å². The topological polar surface area (TPSA) is 82.5 Å². The van der Waals surface area contributed by atoms with Crippen molar-refractivity contribution in [1.29, 1.82) is 0 Å². The number of carbonyl (C=O) groups excluding carboxylic acids is 2. The molecule has 2 atom stereocenters. The molecule has 1 fully saturated rings. The number of rotatable bonds is 9. The average molecular weight is 384 g/mol. The Morgan fingerprint density at radius 1 is 1.19 bits per heavy atom. The van der Waals surface area contributed by atoms with Crippen LogP contribution in [0.25, 0.3) is 0 Å². The van der Waals surface area contributed by atoms with Crippen LogP contribution in [0.4, 0.5) is 0 Å². The van der Waals surface area contributed by atoms with E-state index in [9.17, 15) is 14.7 Å². The molecule has 0 radical (unpaired) electrons. The van der Waals surface area contributed by atoms with Gasteiger partial charge in [-0.25, -0.2) is 0 Å². The van der Waals surface area contributed by atoms with Crippen molar-refractivity contribution in [2.24, 2.45) is 0 Å². The molecule has 2 amide bonds. The summed E-state index contributed by atoms with van der Waals surface area (Å²) < 4.78 is 0. The molecule has 6 nitrogen and oxygen atoms in total. The Labute approximate surface area is 161 Å². The summed E-state index contributed by atoms with van der Waals surface area (Å²) in [6, 6.07) is 2.39. The molecule has 0 saturated carbocycles. The SMILES string of the molecule is CCCCCCC(=O)NC(C(=O)N1CCCC1)C(O)c1ccncc1.Cl. The van der Waals surface area contributed by atoms with Gasteiger partial charge < -0.3 is 15.3 Å². The predicted octanol–water partition coefficient (Wildman–Crippen LogP) is 2.61. The summed E-state index contributed by atoms with van der Waals surface area (Å²) in [4.78, 5) is 30.7. The molecule has 0 aliphatic carbocycles. The molecular formula is C19H30ClN3O3. The van der Waals surface area contributed by atoms with Crippen molar-refractivity contribution >= 4 is 24.2 Å². The number of unbranched alkanes of at least 4 members (excludes halogenated alkanes) is 3. The van der Waals surface area contributed by atoms with E-state index < -0.39 is 12.1 Å². The molecule has 2 rings (SSSR count). The number of hydrogen-bond acceptors (Lipinski definition) is 4. The zero-order valence-corrected chi connectivity index (χ0v) is 16.2. The lowest BCUT2D eigenvalue weighted by molar-refractivity contribution is -0.139. The number of aliphatic hydroxyl groups is 1. The Morgan fingerprint density at radius 3 is 2.46 bits per heavy atom. The van der Waals surface area contributed by atoms with E-state index in [-0.39, 0.29) is 24.2 Å². The molecule has 1 aliphatic rings. The van der Waals surface area contributed by atoms with E-state index in [1.165, 1.54) is 0 Å². The van der Waals surface area contributed by atoms with Gasteiger partial charge in [-0.3, -0.25) is 14.6 Å². The van der Waals surface area contributed by atoms with Crippen molar-refractivity contribution in [1.82, 2.24) is 15.2 Å². The van der Waals surface area contributed by atoms with Gasteiger partial charge in [-0.1, -0.05) is 26.2 Å². The molecule has 1 saturated heterocycles. The number of nitrogens with zero attached hydrogens (tertiary/aromatic N) is 2. The van der Waals surface area contributed by atoms with Gasteiger partial charge in [0.2, 0.25) is 11.8 Å². The molecule has 2 unspecified atom stereocenters. The summed E-state index contributed by atoms with van der Waals surface area (Å²) in [5.74, 6) is -0.384. The average Bonchev–Trinajstić information content (AvgIpc) is 3.18. The first-order valence-electron chi connectivity index (χ1n) is 9.29. The van der Waals surface area contributed by atoms with E-state index in [0.717, 1.165) is 38.5 Å². The van der Waals surface area contributed by atoms with Crippen LogP contribution < -0.4 is 5.32 Å². The summed E-state index contributed by atoms with van der Waals surface area (Å²) in [5, 5.41) is 13.4. The highest BCUT2D eigenvalue weighted by molar-refractivity contribution is 5.88. The number of aliphatic hydroxyl groups excluding tert-OH is 1. The number of halogens is 1. The third kappa shape index (κ3) is 6.57. The standard InChI is InChI=1S/C19H29N3O3.ClH/c1-2-3-4-5-8-16(23)21-17(19(25)22-13-6-7-14-22)18(24)15-9-11-20-12-10-15;/h9-12,17-18,24H,2-8,13-14H2,1H3,(H,21,23);1H. The monoisotopic (exact) mass is 383 g/mol. The molecule has 0 spiro atoms. The second-order valence-electron chi connectivity index (χ2n) is 6.61. The number of likely N-dealkylation sites (tertiary alicyclic amines) is 1. The Kier molecular flexibility index (Phi) is 10.2. The van der Waals surface area contributed by atoms with Gasteiger partial charge in [0.05, 0.1) is 0 Å². The molecule has 2 heterocycles. The minimum absolute atomic E-state index is 0. The Bertz CT molecular complexity index is 550. The highest BCUT2D eigenvalue weighted by Crippen LogP contribution is 2.20. The lowest BCUT2D eigenvalue weighted by Crippen LogP contribution is -2.51. The zero-order valence-electron chi connectivity index (χ0n) is 15.4. The fourth-order valence-electron chi connectivity index (χ4n) is 3.12. The molecule has 2 N–H and O–H groups in total. The van der Waals surface area contributed by atoms with E-state index in [0.29, 0.717) is 25.1 Å². The molecule has 1 aromatic rings. The smallest absolute Gasteiger partial charge is 0.248 e. The summed E-state index contributed by atoms with van der Waals surface area (Å²) >= 11 is 0. The summed E-state index contributed by atoms with van der Waals surface area (Å²) in [6.07, 6.45) is 8.40. The van der Waals surface area contributed by atoms with Crippen molar-refractivity contribution in [2.75, 3.05) is 13.1 Å². The third-order valence-electron chi connectivity index (χ3n) is 4.62. The Hall–Kier alpha value is -1.66. The van der Waals surface area contributed by atoms with Crippen LogP contribution in [0.15, 0.2) is 24.5 Å². The van der Waals surface area contributed by atoms with Crippen LogP contribution >= 0.6 is 12.4 Å². The fourth-order valence-corrected chi connectivity index (χ4v) is 3.12. The maximum Gasteiger partial charge on any atom is 0.248 e. The highest BCUT2D eigenvalue weighted by Gasteiger charge is 2.33. The van der Waals surface area contributed by atoms with Gasteiger partial charge in [0, 0.05) is 31.9 Å². The molecule has 1 aromatic heterocycles. The number of amides is 2. The maximum absolute atomic E-state index is 12.8. The number of hydrogen-bond donors (Lipinski definition) is 2. The summed E-state index contributed by atoms with van der Waals surface area (Å²) in [6.45, 7) is 3.49. The van der Waals surface area contributed by atoms with Crippen molar-refractivity contribution in [2.45, 2.75) is 64.0 Å². The number of nitrogens with one attached hydrogen (secondary N) is 1. The summed E-state index contributed by atoms with van der Waals surface area (Å²) in [7, 11) is 0. The predicted molar refractivity (Wildman–Crippen MR) is 103 cm³/mol. The van der Waals surface area contributed by atoms with E-state index >= 15 is 0 Å². The first-order valence-corrected chi connectivity index (χ1v) is 9.29. The number of carbonyl (C=O) groups is 2. The fraction of sp³-hybridized carbons (Fsp3) is 0.632. The minimum Gasteiger partial charge on any atom is -0.386 e. The van der Waals surface area contributed by atoms with Crippen LogP contribution in [0.5, 0.6) is 0 Å². The lowest BCUT2D eigenvalue weighted by Gasteiger charge is -2.28. The van der Waals surface area contributed by atoms with Crippen LogP contribution in [-0.4, -0.2) is 45.9 Å². The molecular weight excluding hydrogens is 354 g/mol. The Morgan fingerprint density at radius 2 is 1.85 bits per heavy atom. The van der Waals surface area contributed by atoms with Crippen molar-refractivity contribution < 1.29 is 14.7 Å². The highest BCUT2D eigenvalue weighted by atomic mass is 35.5. The van der Waals surface area contributed by atoms with Gasteiger partial charge >= 0.3 is 0 Å². The van der Waals surface area contributed by atoms with E-state index in [1.54, 1.807) is 29.4 Å². The second-order valence-corrected chi connectivity index (χ2v) is 6.61. The Balaban J connectivity index is 0.00000338. The normalized spacial score (nSPS) is 15.8. The van der Waals surface area contributed by atoms with Crippen LogP contribution in [0.1, 0.15) is 63.5 Å². The van der Waals surface area contributed by atoms with Gasteiger partial charge in [0.15, 0.2) is 0 Å². The van der Waals surface area contributed by atoms with Crippen molar-refractivity contribution in [3.8, 4) is 0 Å². The van der Waals surface area contributed by atoms with Gasteiger partial charge in [-0.15, -0.1) is 12.4 Å². The largest absolute Gasteiger partial charge is 0.386 e. The number of pyridine rings is 1. The first kappa shape index (κ1) is 22.4. The van der Waals surface area contributed by atoms with Crippen molar-refractivity contribution in [3.63, 3.8) is 0 Å². The van der Waals surface area contributed by atoms with Gasteiger partial charge in [0.1, 0.15) is 12.1 Å². The minimum atomic E-state index is -1.07. The van der Waals surface area contributed by atoms with E-state index in [4.69, 9.17) is 0 Å². The lowest BCUT2D eigenvalue weighted by atomic mass is 10.0. The molecule has 1 aliphatic heterocycles. The van der Waals surface area contributed by atoms with E-state index in [1.807, 2.05) is 0 Å². The molecule has 26 heavy (non-hydrogen) atoms. The second kappa shape index (κ2) is 11.9. The zero-order chi connectivity index (χ0) is 18.1.